The van der Waals surface area contributed by atoms with Gasteiger partial charge in [-0.1, -0.05) is 66.7 Å². The number of rotatable bonds is 31. The van der Waals surface area contributed by atoms with Crippen LogP contribution in [-0.2, 0) is 51.3 Å². The van der Waals surface area contributed by atoms with Crippen LogP contribution < -0.4 is 31.9 Å². The first-order valence-corrected chi connectivity index (χ1v) is 23.2. The second-order valence-corrected chi connectivity index (χ2v) is 17.1. The Balaban J connectivity index is 1.28. The summed E-state index contributed by atoms with van der Waals surface area (Å²) in [6.45, 7) is 0.0636. The van der Waals surface area contributed by atoms with Crippen LogP contribution in [0.25, 0.3) is 10.8 Å². The highest BCUT2D eigenvalue weighted by Crippen LogP contribution is 2.22. The Labute approximate surface area is 421 Å². The molecule has 4 rings (SSSR count). The van der Waals surface area contributed by atoms with Crippen LogP contribution in [-0.4, -0.2) is 127 Å². The summed E-state index contributed by atoms with van der Waals surface area (Å²) >= 11 is 0. The number of carboxylic acid groups (broad SMARTS) is 5. The molecule has 5 unspecified atom stereocenters. The fourth-order valence-corrected chi connectivity index (χ4v) is 7.43. The first kappa shape index (κ1) is 57.7. The molecular formula is C50H56FN7O16. The normalized spacial score (nSPS) is 12.9. The number of Topliss-reactive ketones (excluding diaryl/α,β-unsaturated/α-hetero) is 1. The minimum Gasteiger partial charge on any atom is -0.481 e. The molecule has 0 aliphatic carbocycles. The quantitative estimate of drug-likeness (QED) is 0.0196. The Morgan fingerprint density at radius 3 is 1.73 bits per heavy atom. The second-order valence-electron chi connectivity index (χ2n) is 17.1. The summed E-state index contributed by atoms with van der Waals surface area (Å²) in [5.74, 6) is -12.1. The number of hydrogen-bond donors (Lipinski definition) is 11. The molecule has 0 saturated carbocycles. The van der Waals surface area contributed by atoms with Gasteiger partial charge in [-0.2, -0.15) is 4.39 Å². The van der Waals surface area contributed by atoms with Crippen LogP contribution >= 0.6 is 0 Å². The van der Waals surface area contributed by atoms with Crippen molar-refractivity contribution in [2.75, 3.05) is 6.54 Å². The van der Waals surface area contributed by atoms with Gasteiger partial charge in [-0.15, -0.1) is 0 Å². The third kappa shape index (κ3) is 19.8. The molecule has 23 nitrogen and oxygen atoms in total. The zero-order chi connectivity index (χ0) is 54.3. The highest BCUT2D eigenvalue weighted by Gasteiger charge is 2.28. The third-order valence-corrected chi connectivity index (χ3v) is 11.5. The third-order valence-electron chi connectivity index (χ3n) is 11.5. The summed E-state index contributed by atoms with van der Waals surface area (Å²) in [6, 6.07) is 14.2. The summed E-state index contributed by atoms with van der Waals surface area (Å²) in [6.07, 6.45) is -1.23. The van der Waals surface area contributed by atoms with Crippen LogP contribution in [0.4, 0.5) is 9.18 Å². The number of aromatic nitrogens is 1. The van der Waals surface area contributed by atoms with Crippen molar-refractivity contribution in [1.82, 2.24) is 36.9 Å². The number of nitrogens with zero attached hydrogens (tertiary/aromatic N) is 1. The van der Waals surface area contributed by atoms with E-state index in [2.05, 4.69) is 36.9 Å². The maximum absolute atomic E-state index is 13.7. The van der Waals surface area contributed by atoms with Crippen molar-refractivity contribution in [2.24, 2.45) is 5.92 Å². The summed E-state index contributed by atoms with van der Waals surface area (Å²) in [5, 5.41) is 62.9. The first-order valence-electron chi connectivity index (χ1n) is 23.2. The molecule has 6 amide bonds. The van der Waals surface area contributed by atoms with Gasteiger partial charge < -0.3 is 57.4 Å². The number of hydrogen-bond acceptors (Lipinski definition) is 12. The predicted octanol–water partition coefficient (Wildman–Crippen LogP) is 2.79. The summed E-state index contributed by atoms with van der Waals surface area (Å²) in [4.78, 5) is 138. The molecule has 0 saturated heterocycles. The van der Waals surface area contributed by atoms with Gasteiger partial charge in [-0.25, -0.2) is 29.0 Å². The molecule has 4 aromatic rings. The van der Waals surface area contributed by atoms with Gasteiger partial charge in [0.15, 0.2) is 5.78 Å². The van der Waals surface area contributed by atoms with Crippen LogP contribution in [0.5, 0.6) is 0 Å². The number of unbranched alkanes of at least 4 members (excludes halogenated alkanes) is 1. The van der Waals surface area contributed by atoms with Crippen LogP contribution in [0.3, 0.4) is 0 Å². The Morgan fingerprint density at radius 1 is 0.541 bits per heavy atom. The minimum atomic E-state index is -1.57. The van der Waals surface area contributed by atoms with E-state index in [1.54, 1.807) is 12.1 Å². The minimum absolute atomic E-state index is 0.0188. The molecule has 11 N–H and O–H groups in total. The molecule has 0 aliphatic heterocycles. The molecule has 1 heterocycles. The van der Waals surface area contributed by atoms with Crippen molar-refractivity contribution >= 4 is 76.1 Å². The number of fused-ring (bicyclic) bond motifs is 1. The van der Waals surface area contributed by atoms with Gasteiger partial charge in [-0.05, 0) is 72.9 Å². The van der Waals surface area contributed by atoms with Crippen LogP contribution in [0.2, 0.25) is 0 Å². The van der Waals surface area contributed by atoms with E-state index in [-0.39, 0.29) is 74.9 Å². The van der Waals surface area contributed by atoms with E-state index in [9.17, 15) is 77.6 Å². The zero-order valence-corrected chi connectivity index (χ0v) is 39.7. The molecule has 24 heteroatoms. The fourth-order valence-electron chi connectivity index (χ4n) is 7.43. The van der Waals surface area contributed by atoms with Crippen molar-refractivity contribution in [1.29, 1.82) is 0 Å². The molecule has 3 aromatic carbocycles. The maximum Gasteiger partial charge on any atom is 0.326 e. The molecular weight excluding hydrogens is 973 g/mol. The van der Waals surface area contributed by atoms with E-state index in [0.717, 1.165) is 34.7 Å². The lowest BCUT2D eigenvalue weighted by Crippen LogP contribution is -2.51. The zero-order valence-electron chi connectivity index (χ0n) is 39.7. The van der Waals surface area contributed by atoms with Crippen molar-refractivity contribution in [3.63, 3.8) is 0 Å². The van der Waals surface area contributed by atoms with Gasteiger partial charge in [0.05, 0.1) is 0 Å². The lowest BCUT2D eigenvalue weighted by molar-refractivity contribution is -0.143. The second kappa shape index (κ2) is 28.9. The SMILES string of the molecule is O=C(O)CCC(NC(=O)NC(CCCCNC(=O)C(CC(=O)c1ccc(CNC(=O)CCC(NC(=O)CCC(NC(=O)c2ccnc([18F])c2)C(=O)O)C(=O)O)cc1)Cc1ccc2ccccc2c1)C(=O)O)C(=O)O. The van der Waals surface area contributed by atoms with E-state index in [1.165, 1.54) is 12.1 Å². The van der Waals surface area contributed by atoms with E-state index in [0.29, 0.717) is 5.56 Å². The molecule has 394 valence electrons. The van der Waals surface area contributed by atoms with E-state index in [1.807, 2.05) is 42.5 Å². The predicted molar refractivity (Wildman–Crippen MR) is 258 cm³/mol. The number of benzene rings is 3. The summed E-state index contributed by atoms with van der Waals surface area (Å²) in [7, 11) is 0. The molecule has 5 atom stereocenters. The Bertz CT molecular complexity index is 2700. The Morgan fingerprint density at radius 2 is 1.11 bits per heavy atom. The van der Waals surface area contributed by atoms with E-state index < -0.39 is 121 Å². The molecule has 0 spiro atoms. The van der Waals surface area contributed by atoms with Gasteiger partial charge in [-0.3, -0.25) is 28.8 Å². The largest absolute Gasteiger partial charge is 0.481 e. The first-order chi connectivity index (χ1) is 35.2. The molecule has 74 heavy (non-hydrogen) atoms. The van der Waals surface area contributed by atoms with Crippen molar-refractivity contribution in [3.8, 4) is 0 Å². The van der Waals surface area contributed by atoms with Crippen LogP contribution in [0, 0.1) is 11.9 Å². The average Bonchev–Trinajstić information content (AvgIpc) is 3.35. The highest BCUT2D eigenvalue weighted by molar-refractivity contribution is 5.99. The number of ketones is 1. The number of aliphatic carboxylic acids is 5. The Kier molecular flexibility index (Phi) is 22.5. The number of carbonyl (C=O) groups is 11. The van der Waals surface area contributed by atoms with Crippen LogP contribution in [0.1, 0.15) is 96.1 Å². The maximum atomic E-state index is 13.7. The number of carboxylic acids is 5. The monoisotopic (exact) mass is 1030 g/mol. The number of nitrogens with one attached hydrogen (secondary N) is 6. The lowest BCUT2D eigenvalue weighted by atomic mass is 9.90. The smallest absolute Gasteiger partial charge is 0.326 e. The summed E-state index contributed by atoms with van der Waals surface area (Å²) in [5.41, 5.74) is 1.42. The van der Waals surface area contributed by atoms with E-state index >= 15 is 0 Å². The number of pyridine rings is 1. The van der Waals surface area contributed by atoms with Gasteiger partial charge in [0.2, 0.25) is 23.7 Å². The van der Waals surface area contributed by atoms with Gasteiger partial charge in [0.1, 0.15) is 24.2 Å². The number of halogens is 1. The number of amides is 6. The van der Waals surface area contributed by atoms with Crippen LogP contribution in [0.15, 0.2) is 85.1 Å². The number of urea groups is 1. The van der Waals surface area contributed by atoms with Gasteiger partial charge in [0.25, 0.3) is 5.91 Å². The number of carbonyl (C=O) groups excluding carboxylic acids is 6. The fraction of sp³-hybridized carbons (Fsp3) is 0.360. The topological polar surface area (TPSA) is 374 Å². The standard InChI is InChI=1S/C50H56FN7O16/c51-40-26-33(20-22-52-40)45(65)56-37(48(70)71)15-18-42(61)55-36(47(68)69)14-17-41(60)54-27-28-8-12-31(13-9-28)39(59)25-34(24-29-10-11-30-5-1-2-6-32(30)23-29)44(64)53-21-4-3-7-35(46(66)67)57-50(74)58-38(49(72)73)16-19-43(62)63/h1-2,5-6,8-13,20,22-23,26,34-38H,3-4,7,14-19,21,24-25,27H2,(H,53,64)(H,54,60)(H,55,61)(H,56,65)(H,62,63)(H,66,67)(H,68,69)(H,70,71)(H,72,73)(H2,57,58,74)/i51-1. The molecule has 0 aliphatic rings. The average molecular weight is 1030 g/mol. The Hall–Kier alpha value is -8.83. The van der Waals surface area contributed by atoms with E-state index in [4.69, 9.17) is 5.11 Å². The summed E-state index contributed by atoms with van der Waals surface area (Å²) < 4.78 is 13.4. The molecule has 1 aromatic heterocycles. The highest BCUT2D eigenvalue weighted by atomic mass is 18.2. The van der Waals surface area contributed by atoms with Gasteiger partial charge >= 0.3 is 35.9 Å². The molecule has 0 fully saturated rings. The molecule has 0 bridgehead atoms. The van der Waals surface area contributed by atoms with Crippen molar-refractivity contribution in [2.45, 2.75) is 101 Å². The van der Waals surface area contributed by atoms with Crippen molar-refractivity contribution in [3.05, 3.63) is 113 Å². The lowest BCUT2D eigenvalue weighted by Gasteiger charge is -2.19. The molecule has 0 radical (unpaired) electrons. The van der Waals surface area contributed by atoms with Crippen molar-refractivity contribution < 1.29 is 82.7 Å². The van der Waals surface area contributed by atoms with Gasteiger partial charge in [0, 0.05) is 68.1 Å².